The Morgan fingerprint density at radius 3 is 2.67 bits per heavy atom. The van der Waals surface area contributed by atoms with Crippen LogP contribution in [-0.2, 0) is 11.3 Å². The topological polar surface area (TPSA) is 53.5 Å². The molecule has 0 aliphatic carbocycles. The smallest absolute Gasteiger partial charge is 0.226 e. The van der Waals surface area contributed by atoms with Gasteiger partial charge in [0.15, 0.2) is 0 Å². The number of halogens is 1. The Kier molecular flexibility index (Phi) is 8.27. The minimum Gasteiger partial charge on any atom is -0.359 e. The van der Waals surface area contributed by atoms with Gasteiger partial charge >= 0.3 is 0 Å². The quantitative estimate of drug-likeness (QED) is 0.478. The molecule has 2 N–H and O–H groups in total. The zero-order valence-corrected chi connectivity index (χ0v) is 17.6. The molecule has 0 fully saturated rings. The fraction of sp³-hybridized carbons (Fsp3) is 0.273. The highest BCUT2D eigenvalue weighted by atomic mass is 79.9. The number of hydrogen-bond acceptors (Lipinski definition) is 3. The van der Waals surface area contributed by atoms with Crippen LogP contribution in [0.25, 0.3) is 0 Å². The Labute approximate surface area is 169 Å². The van der Waals surface area contributed by atoms with Gasteiger partial charge in [-0.05, 0) is 43.2 Å². The summed E-state index contributed by atoms with van der Waals surface area (Å²) in [6.07, 6.45) is 4.58. The Bertz CT molecular complexity index is 830. The van der Waals surface area contributed by atoms with Gasteiger partial charge in [0, 0.05) is 17.1 Å². The molecule has 2 rings (SSSR count). The first-order valence-electron chi connectivity index (χ1n) is 9.05. The first-order chi connectivity index (χ1) is 13.0. The number of allylic oxidation sites excluding steroid dienone is 1. The molecular weight excluding hydrogens is 402 g/mol. The van der Waals surface area contributed by atoms with Gasteiger partial charge in [0.1, 0.15) is 0 Å². The van der Waals surface area contributed by atoms with Gasteiger partial charge in [-0.1, -0.05) is 64.8 Å². The molecule has 1 atom stereocenters. The second kappa shape index (κ2) is 10.7. The van der Waals surface area contributed by atoms with Crippen LogP contribution >= 0.6 is 15.9 Å². The lowest BCUT2D eigenvalue weighted by Gasteiger charge is -2.09. The summed E-state index contributed by atoms with van der Waals surface area (Å²) in [7, 11) is 1.66. The molecule has 0 aliphatic rings. The molecule has 4 nitrogen and oxygen atoms in total. The van der Waals surface area contributed by atoms with E-state index in [0.29, 0.717) is 6.54 Å². The molecule has 5 heteroatoms. The third kappa shape index (κ3) is 6.68. The largest absolute Gasteiger partial charge is 0.359 e. The summed E-state index contributed by atoms with van der Waals surface area (Å²) in [4.78, 5) is 12.0. The minimum absolute atomic E-state index is 0.0134. The van der Waals surface area contributed by atoms with Crippen molar-refractivity contribution in [2.75, 3.05) is 7.05 Å². The summed E-state index contributed by atoms with van der Waals surface area (Å²) in [6, 6.07) is 16.3. The highest BCUT2D eigenvalue weighted by Crippen LogP contribution is 2.12. The normalized spacial score (nSPS) is 12.8. The van der Waals surface area contributed by atoms with Crippen molar-refractivity contribution in [2.45, 2.75) is 26.8 Å². The average Bonchev–Trinajstić information content (AvgIpc) is 2.66. The molecule has 0 saturated carbocycles. The average molecular weight is 428 g/mol. The van der Waals surface area contributed by atoms with Crippen LogP contribution in [-0.4, -0.2) is 18.7 Å². The molecule has 1 amide bonds. The molecule has 0 unspecified atom stereocenters. The van der Waals surface area contributed by atoms with Crippen molar-refractivity contribution in [1.82, 2.24) is 10.7 Å². The van der Waals surface area contributed by atoms with Gasteiger partial charge in [-0.3, -0.25) is 4.79 Å². The summed E-state index contributed by atoms with van der Waals surface area (Å²) < 4.78 is 1.04. The van der Waals surface area contributed by atoms with Gasteiger partial charge in [0.05, 0.1) is 18.2 Å². The van der Waals surface area contributed by atoms with Crippen LogP contribution in [0.5, 0.6) is 0 Å². The van der Waals surface area contributed by atoms with Crippen molar-refractivity contribution in [3.8, 4) is 0 Å². The highest BCUT2D eigenvalue weighted by molar-refractivity contribution is 9.10. The van der Waals surface area contributed by atoms with Crippen LogP contribution < -0.4 is 10.7 Å². The fourth-order valence-corrected chi connectivity index (χ4v) is 3.11. The van der Waals surface area contributed by atoms with Crippen LogP contribution in [0.3, 0.4) is 0 Å². The monoisotopic (exact) mass is 427 g/mol. The van der Waals surface area contributed by atoms with E-state index in [9.17, 15) is 4.79 Å². The fourth-order valence-electron chi connectivity index (χ4n) is 2.67. The second-order valence-corrected chi connectivity index (χ2v) is 7.24. The van der Waals surface area contributed by atoms with E-state index in [0.717, 1.165) is 27.7 Å². The number of aryl methyl sites for hydroxylation is 1. The van der Waals surface area contributed by atoms with Gasteiger partial charge in [-0.25, -0.2) is 0 Å². The lowest BCUT2D eigenvalue weighted by atomic mass is 10.0. The van der Waals surface area contributed by atoms with Crippen LogP contribution in [0.15, 0.2) is 70.3 Å². The molecule has 0 aromatic heterocycles. The van der Waals surface area contributed by atoms with E-state index >= 15 is 0 Å². The Morgan fingerprint density at radius 2 is 2.00 bits per heavy atom. The summed E-state index contributed by atoms with van der Waals surface area (Å²) in [5, 5.41) is 7.29. The van der Waals surface area contributed by atoms with E-state index in [1.165, 1.54) is 5.56 Å². The molecule has 2 aromatic carbocycles. The summed E-state index contributed by atoms with van der Waals surface area (Å²) in [6.45, 7) is 4.67. The number of nitrogens with zero attached hydrogens (tertiary/aromatic N) is 1. The third-order valence-electron chi connectivity index (χ3n) is 4.19. The molecule has 142 valence electrons. The van der Waals surface area contributed by atoms with Crippen LogP contribution in [0.1, 0.15) is 30.0 Å². The lowest BCUT2D eigenvalue weighted by Crippen LogP contribution is -2.25. The van der Waals surface area contributed by atoms with Gasteiger partial charge in [-0.15, -0.1) is 0 Å². The minimum atomic E-state index is -0.171. The molecule has 0 heterocycles. The van der Waals surface area contributed by atoms with E-state index in [4.69, 9.17) is 0 Å². The number of nitrogens with one attached hydrogen (secondary N) is 2. The van der Waals surface area contributed by atoms with Gasteiger partial charge in [-0.2, -0.15) is 5.10 Å². The van der Waals surface area contributed by atoms with E-state index in [2.05, 4.69) is 56.9 Å². The summed E-state index contributed by atoms with van der Waals surface area (Å²) >= 11 is 3.48. The van der Waals surface area contributed by atoms with Crippen molar-refractivity contribution >= 4 is 27.5 Å². The number of rotatable bonds is 8. The van der Waals surface area contributed by atoms with Crippen LogP contribution in [0.2, 0.25) is 0 Å². The first-order valence-corrected chi connectivity index (χ1v) is 9.84. The maximum atomic E-state index is 12.0. The Balaban J connectivity index is 2.22. The number of carbonyl (C=O) groups is 1. The van der Waals surface area contributed by atoms with E-state index in [1.807, 2.05) is 49.4 Å². The number of hydrazone groups is 1. The van der Waals surface area contributed by atoms with Gasteiger partial charge in [0.2, 0.25) is 5.91 Å². The van der Waals surface area contributed by atoms with Crippen LogP contribution in [0, 0.1) is 12.8 Å². The number of benzene rings is 2. The SMILES string of the molecule is CC[C@H](/C=C/C(=N\NCc1cccc(Br)c1)c1cccc(C)c1)C(=O)NC. The predicted molar refractivity (Wildman–Crippen MR) is 116 cm³/mol. The number of amides is 1. The standard InChI is InChI=1S/C22H26BrN3O/c1-4-18(22(27)24-3)11-12-21(19-9-5-7-16(2)13-19)26-25-15-17-8-6-10-20(23)14-17/h5-14,18,25H,4,15H2,1-3H3,(H,24,27)/b12-11+,26-21+/t18-/m1/s1. The van der Waals surface area contributed by atoms with Crippen molar-refractivity contribution in [3.05, 3.63) is 81.8 Å². The third-order valence-corrected chi connectivity index (χ3v) is 4.69. The highest BCUT2D eigenvalue weighted by Gasteiger charge is 2.11. The molecule has 0 radical (unpaired) electrons. The number of carbonyl (C=O) groups excluding carboxylic acids is 1. The molecule has 0 spiro atoms. The molecule has 0 aliphatic heterocycles. The Hall–Kier alpha value is -2.40. The molecule has 27 heavy (non-hydrogen) atoms. The van der Waals surface area contributed by atoms with Gasteiger partial charge < -0.3 is 10.7 Å². The van der Waals surface area contributed by atoms with Crippen molar-refractivity contribution in [2.24, 2.45) is 11.0 Å². The Morgan fingerprint density at radius 1 is 1.22 bits per heavy atom. The zero-order chi connectivity index (χ0) is 19.6. The maximum absolute atomic E-state index is 12.0. The van der Waals surface area contributed by atoms with Crippen molar-refractivity contribution < 1.29 is 4.79 Å². The predicted octanol–water partition coefficient (Wildman–Crippen LogP) is 4.58. The molecule has 0 bridgehead atoms. The van der Waals surface area contributed by atoms with Gasteiger partial charge in [0.25, 0.3) is 0 Å². The van der Waals surface area contributed by atoms with E-state index in [-0.39, 0.29) is 11.8 Å². The van der Waals surface area contributed by atoms with E-state index in [1.54, 1.807) is 7.05 Å². The first kappa shape index (κ1) is 20.9. The maximum Gasteiger partial charge on any atom is 0.226 e. The summed E-state index contributed by atoms with van der Waals surface area (Å²) in [5.41, 5.74) is 7.27. The van der Waals surface area contributed by atoms with Crippen LogP contribution in [0.4, 0.5) is 0 Å². The second-order valence-electron chi connectivity index (χ2n) is 6.32. The van der Waals surface area contributed by atoms with Crippen molar-refractivity contribution in [1.29, 1.82) is 0 Å². The number of hydrogen-bond donors (Lipinski definition) is 2. The molecular formula is C22H26BrN3O. The van der Waals surface area contributed by atoms with Crippen molar-refractivity contribution in [3.63, 3.8) is 0 Å². The summed E-state index contributed by atoms with van der Waals surface area (Å²) in [5.74, 6) is -0.158. The van der Waals surface area contributed by atoms with E-state index < -0.39 is 0 Å². The molecule has 2 aromatic rings. The molecule has 0 saturated heterocycles. The zero-order valence-electron chi connectivity index (χ0n) is 16.0. The lowest BCUT2D eigenvalue weighted by molar-refractivity contribution is -0.123.